The maximum Gasteiger partial charge on any atom is 0.305 e. The summed E-state index contributed by atoms with van der Waals surface area (Å²) in [6.07, 6.45) is 0.00731. The highest BCUT2D eigenvalue weighted by molar-refractivity contribution is 7.91. The summed E-state index contributed by atoms with van der Waals surface area (Å²) in [5, 5.41) is 8.69. The van der Waals surface area contributed by atoms with Gasteiger partial charge in [0.05, 0.1) is 22.8 Å². The second-order valence-electron chi connectivity index (χ2n) is 4.42. The van der Waals surface area contributed by atoms with Gasteiger partial charge < -0.3 is 10.0 Å². The largest absolute Gasteiger partial charge is 0.481 e. The number of carboxylic acid groups (broad SMARTS) is 1. The van der Waals surface area contributed by atoms with E-state index < -0.39 is 15.8 Å². The van der Waals surface area contributed by atoms with Gasteiger partial charge in [0.1, 0.15) is 0 Å². The Labute approximate surface area is 106 Å². The van der Waals surface area contributed by atoms with E-state index >= 15 is 0 Å². The fourth-order valence-electron chi connectivity index (χ4n) is 2.06. The number of anilines is 1. The minimum Gasteiger partial charge on any atom is -0.481 e. The van der Waals surface area contributed by atoms with E-state index in [-0.39, 0.29) is 12.2 Å². The summed E-state index contributed by atoms with van der Waals surface area (Å²) < 4.78 is 23.9. The summed E-state index contributed by atoms with van der Waals surface area (Å²) in [5.41, 5.74) is 1.51. The zero-order valence-corrected chi connectivity index (χ0v) is 10.9. The zero-order valence-electron chi connectivity index (χ0n) is 10.1. The predicted molar refractivity (Wildman–Crippen MR) is 67.7 cm³/mol. The second-order valence-corrected chi connectivity index (χ2v) is 6.50. The Morgan fingerprint density at radius 3 is 2.83 bits per heavy atom. The number of benzene rings is 1. The highest BCUT2D eigenvalue weighted by Crippen LogP contribution is 2.31. The van der Waals surface area contributed by atoms with Crippen LogP contribution in [0.1, 0.15) is 12.0 Å². The highest BCUT2D eigenvalue weighted by atomic mass is 32.2. The van der Waals surface area contributed by atoms with Gasteiger partial charge in [-0.2, -0.15) is 0 Å². The van der Waals surface area contributed by atoms with E-state index in [1.807, 2.05) is 17.9 Å². The summed E-state index contributed by atoms with van der Waals surface area (Å²) in [6.45, 7) is 2.53. The van der Waals surface area contributed by atoms with Crippen molar-refractivity contribution in [3.05, 3.63) is 23.8 Å². The van der Waals surface area contributed by atoms with Gasteiger partial charge in [-0.1, -0.05) is 6.07 Å². The molecule has 1 aromatic carbocycles. The zero-order chi connectivity index (χ0) is 13.3. The molecule has 0 amide bonds. The molecule has 0 aliphatic carbocycles. The molecular weight excluding hydrogens is 254 g/mol. The van der Waals surface area contributed by atoms with Gasteiger partial charge in [-0.15, -0.1) is 0 Å². The van der Waals surface area contributed by atoms with Crippen molar-refractivity contribution in [2.24, 2.45) is 0 Å². The van der Waals surface area contributed by atoms with Crippen LogP contribution in [0.4, 0.5) is 5.69 Å². The van der Waals surface area contributed by atoms with Gasteiger partial charge in [-0.3, -0.25) is 4.79 Å². The van der Waals surface area contributed by atoms with E-state index in [2.05, 4.69) is 0 Å². The van der Waals surface area contributed by atoms with Crippen LogP contribution in [-0.2, 0) is 14.6 Å². The Hall–Kier alpha value is -1.56. The number of fused-ring (bicyclic) bond motifs is 1. The summed E-state index contributed by atoms with van der Waals surface area (Å²) in [7, 11) is -3.23. The Balaban J connectivity index is 2.37. The van der Waals surface area contributed by atoms with Crippen LogP contribution in [-0.4, -0.2) is 38.3 Å². The van der Waals surface area contributed by atoms with Crippen LogP contribution in [0.15, 0.2) is 23.1 Å². The molecule has 0 saturated heterocycles. The molecule has 0 spiro atoms. The minimum atomic E-state index is -3.23. The van der Waals surface area contributed by atoms with Gasteiger partial charge >= 0.3 is 5.97 Å². The van der Waals surface area contributed by atoms with Crippen LogP contribution in [0.25, 0.3) is 0 Å². The first-order chi connectivity index (χ1) is 8.40. The van der Waals surface area contributed by atoms with E-state index in [1.165, 1.54) is 0 Å². The molecule has 18 heavy (non-hydrogen) atoms. The molecule has 0 aromatic heterocycles. The summed E-state index contributed by atoms with van der Waals surface area (Å²) in [6, 6.07) is 5.24. The van der Waals surface area contributed by atoms with Crippen molar-refractivity contribution in [1.82, 2.24) is 0 Å². The quantitative estimate of drug-likeness (QED) is 0.888. The lowest BCUT2D eigenvalue weighted by Crippen LogP contribution is -2.36. The fraction of sp³-hybridized carbons (Fsp3) is 0.417. The summed E-state index contributed by atoms with van der Waals surface area (Å²) in [4.78, 5) is 12.7. The van der Waals surface area contributed by atoms with Gasteiger partial charge in [0, 0.05) is 13.1 Å². The van der Waals surface area contributed by atoms with E-state index in [4.69, 9.17) is 5.11 Å². The van der Waals surface area contributed by atoms with Crippen molar-refractivity contribution in [2.45, 2.75) is 18.2 Å². The summed E-state index contributed by atoms with van der Waals surface area (Å²) in [5.74, 6) is -0.833. The molecule has 1 heterocycles. The van der Waals surface area contributed by atoms with Crippen molar-refractivity contribution >= 4 is 21.5 Å². The number of rotatable bonds is 3. The van der Waals surface area contributed by atoms with Crippen molar-refractivity contribution in [2.75, 3.05) is 23.7 Å². The SMILES string of the molecule is Cc1ccc2c(c1)S(=O)(=O)CCN2CCC(=O)O. The number of nitrogens with zero attached hydrogens (tertiary/aromatic N) is 1. The smallest absolute Gasteiger partial charge is 0.305 e. The van der Waals surface area contributed by atoms with Gasteiger partial charge in [0.25, 0.3) is 0 Å². The van der Waals surface area contributed by atoms with E-state index in [1.54, 1.807) is 12.1 Å². The Morgan fingerprint density at radius 2 is 2.17 bits per heavy atom. The van der Waals surface area contributed by atoms with Crippen molar-refractivity contribution < 1.29 is 18.3 Å². The average Bonchev–Trinajstić information content (AvgIpc) is 2.28. The lowest BCUT2D eigenvalue weighted by Gasteiger charge is -2.30. The molecule has 6 heteroatoms. The van der Waals surface area contributed by atoms with E-state index in [0.29, 0.717) is 23.7 Å². The van der Waals surface area contributed by atoms with Crippen LogP contribution in [0.2, 0.25) is 0 Å². The van der Waals surface area contributed by atoms with Crippen LogP contribution in [0, 0.1) is 6.92 Å². The Bertz CT molecular complexity index is 580. The molecule has 1 aliphatic rings. The lowest BCUT2D eigenvalue weighted by atomic mass is 10.2. The first-order valence-electron chi connectivity index (χ1n) is 5.70. The Morgan fingerprint density at radius 1 is 1.44 bits per heavy atom. The third-order valence-electron chi connectivity index (χ3n) is 3.02. The molecule has 0 radical (unpaired) electrons. The maximum atomic E-state index is 12.0. The van der Waals surface area contributed by atoms with Gasteiger partial charge in [0.15, 0.2) is 9.84 Å². The van der Waals surface area contributed by atoms with Crippen LogP contribution in [0.5, 0.6) is 0 Å². The lowest BCUT2D eigenvalue weighted by molar-refractivity contribution is -0.136. The van der Waals surface area contributed by atoms with E-state index in [9.17, 15) is 13.2 Å². The van der Waals surface area contributed by atoms with Gasteiger partial charge in [-0.05, 0) is 24.6 Å². The molecule has 1 aromatic rings. The topological polar surface area (TPSA) is 74.7 Å². The third-order valence-corrected chi connectivity index (χ3v) is 4.73. The number of aryl methyl sites for hydroxylation is 1. The number of carboxylic acids is 1. The van der Waals surface area contributed by atoms with Crippen LogP contribution in [0.3, 0.4) is 0 Å². The third kappa shape index (κ3) is 2.48. The highest BCUT2D eigenvalue weighted by Gasteiger charge is 2.28. The molecule has 0 bridgehead atoms. The van der Waals surface area contributed by atoms with Crippen molar-refractivity contribution in [3.8, 4) is 0 Å². The summed E-state index contributed by atoms with van der Waals surface area (Å²) >= 11 is 0. The molecule has 0 atom stereocenters. The number of carbonyl (C=O) groups is 1. The maximum absolute atomic E-state index is 12.0. The minimum absolute atomic E-state index is 0.00731. The van der Waals surface area contributed by atoms with Crippen LogP contribution >= 0.6 is 0 Å². The number of hydrogen-bond acceptors (Lipinski definition) is 4. The number of aliphatic carboxylic acids is 1. The second kappa shape index (κ2) is 4.61. The molecule has 5 nitrogen and oxygen atoms in total. The molecule has 0 fully saturated rings. The predicted octanol–water partition coefficient (Wildman–Crippen LogP) is 1.06. The van der Waals surface area contributed by atoms with Gasteiger partial charge in [0.2, 0.25) is 0 Å². The fourth-order valence-corrected chi connectivity index (χ4v) is 3.62. The van der Waals surface area contributed by atoms with Crippen molar-refractivity contribution in [3.63, 3.8) is 0 Å². The average molecular weight is 269 g/mol. The molecule has 1 N–H and O–H groups in total. The Kier molecular flexibility index (Phi) is 3.30. The molecular formula is C12H15NO4S. The molecule has 1 aliphatic heterocycles. The standard InChI is InChI=1S/C12H15NO4S/c1-9-2-3-10-11(8-9)18(16,17)7-6-13(10)5-4-12(14)15/h2-3,8H,4-7H2,1H3,(H,14,15). The number of sulfone groups is 1. The molecule has 0 unspecified atom stereocenters. The molecule has 0 saturated carbocycles. The van der Waals surface area contributed by atoms with Crippen molar-refractivity contribution in [1.29, 1.82) is 0 Å². The van der Waals surface area contributed by atoms with Gasteiger partial charge in [-0.25, -0.2) is 8.42 Å². The molecule has 2 rings (SSSR count). The molecule has 98 valence electrons. The van der Waals surface area contributed by atoms with Crippen LogP contribution < -0.4 is 4.90 Å². The normalized spacial score (nSPS) is 17.3. The van der Waals surface area contributed by atoms with E-state index in [0.717, 1.165) is 5.56 Å². The monoisotopic (exact) mass is 269 g/mol. The first kappa shape index (κ1) is 12.9. The number of hydrogen-bond donors (Lipinski definition) is 1. The first-order valence-corrected chi connectivity index (χ1v) is 7.35.